The van der Waals surface area contributed by atoms with Crippen LogP contribution in [0.25, 0.3) is 5.57 Å². The van der Waals surface area contributed by atoms with Crippen molar-refractivity contribution in [3.05, 3.63) is 77.9 Å². The third-order valence-corrected chi connectivity index (χ3v) is 6.78. The standard InChI is InChI=1S/C24H30NS.BrH/c1-5-16-25(6-2,7-3)17-10-12-20-21-11-8-9-13-23(21)26-24-15-14-19(4)18-22(20)24;/h5,8-9,11-15,18H,1,6-7,10,16-17H2,2-4H3;1H/q+1;/p-1. The van der Waals surface area contributed by atoms with Gasteiger partial charge < -0.3 is 21.5 Å². The van der Waals surface area contributed by atoms with Crippen molar-refractivity contribution in [2.75, 3.05) is 26.2 Å². The number of halogens is 1. The van der Waals surface area contributed by atoms with Crippen molar-refractivity contribution in [3.63, 3.8) is 0 Å². The summed E-state index contributed by atoms with van der Waals surface area (Å²) in [7, 11) is 0. The first kappa shape index (κ1) is 22.0. The van der Waals surface area contributed by atoms with Crippen LogP contribution >= 0.6 is 11.8 Å². The smallest absolute Gasteiger partial charge is 0.0971 e. The lowest BCUT2D eigenvalue weighted by Gasteiger charge is -2.35. The lowest BCUT2D eigenvalue weighted by Crippen LogP contribution is -3.00. The Hall–Kier alpha value is -1.29. The van der Waals surface area contributed by atoms with Crippen molar-refractivity contribution >= 4 is 17.3 Å². The molecule has 0 radical (unpaired) electrons. The second-order valence-electron chi connectivity index (χ2n) is 7.17. The number of hydrogen-bond donors (Lipinski definition) is 0. The van der Waals surface area contributed by atoms with Crippen LogP contribution in [0.2, 0.25) is 0 Å². The number of fused-ring (bicyclic) bond motifs is 2. The highest BCUT2D eigenvalue weighted by molar-refractivity contribution is 7.99. The van der Waals surface area contributed by atoms with E-state index in [1.165, 1.54) is 38.6 Å². The fourth-order valence-electron chi connectivity index (χ4n) is 3.85. The summed E-state index contributed by atoms with van der Waals surface area (Å²) in [6, 6.07) is 15.6. The van der Waals surface area contributed by atoms with Crippen LogP contribution < -0.4 is 17.0 Å². The van der Waals surface area contributed by atoms with E-state index in [1.54, 1.807) is 0 Å². The molecule has 0 N–H and O–H groups in total. The molecule has 27 heavy (non-hydrogen) atoms. The van der Waals surface area contributed by atoms with Gasteiger partial charge in [0, 0.05) is 16.2 Å². The SMILES string of the molecule is C=CC[N+](CC)(CC)CCC=C1c2ccccc2Sc2ccc(C)cc21.[Br-]. The van der Waals surface area contributed by atoms with Crippen LogP contribution in [0, 0.1) is 6.92 Å². The van der Waals surface area contributed by atoms with Gasteiger partial charge in [-0.1, -0.05) is 60.3 Å². The molecule has 144 valence electrons. The topological polar surface area (TPSA) is 0 Å². The number of quaternary nitrogens is 1. The van der Waals surface area contributed by atoms with Crippen LogP contribution in [0.5, 0.6) is 0 Å². The molecule has 2 aromatic carbocycles. The van der Waals surface area contributed by atoms with Crippen molar-refractivity contribution in [2.45, 2.75) is 37.0 Å². The molecule has 1 aliphatic heterocycles. The highest BCUT2D eigenvalue weighted by atomic mass is 79.9. The number of benzene rings is 2. The molecule has 3 rings (SSSR count). The van der Waals surface area contributed by atoms with Gasteiger partial charge in [0.15, 0.2) is 0 Å². The average molecular weight is 444 g/mol. The van der Waals surface area contributed by atoms with Crippen molar-refractivity contribution < 1.29 is 21.5 Å². The lowest BCUT2D eigenvalue weighted by atomic mass is 9.95. The second kappa shape index (κ2) is 9.77. The Morgan fingerprint density at radius 3 is 2.41 bits per heavy atom. The van der Waals surface area contributed by atoms with E-state index < -0.39 is 0 Å². The third kappa shape index (κ3) is 4.77. The Bertz CT molecular complexity index is 821. The summed E-state index contributed by atoms with van der Waals surface area (Å²) in [6.07, 6.45) is 5.64. The van der Waals surface area contributed by atoms with E-state index in [2.05, 4.69) is 82.0 Å². The monoisotopic (exact) mass is 443 g/mol. The zero-order chi connectivity index (χ0) is 18.6. The van der Waals surface area contributed by atoms with E-state index in [1.807, 2.05) is 11.8 Å². The molecule has 0 atom stereocenters. The zero-order valence-corrected chi connectivity index (χ0v) is 19.1. The summed E-state index contributed by atoms with van der Waals surface area (Å²) in [5, 5.41) is 0. The maximum Gasteiger partial charge on any atom is 0.0971 e. The molecule has 0 fully saturated rings. The van der Waals surface area contributed by atoms with Crippen LogP contribution in [-0.4, -0.2) is 30.7 Å². The number of aryl methyl sites for hydroxylation is 1. The number of likely N-dealkylation sites (N-methyl/N-ethyl adjacent to an activating group) is 1. The normalized spacial score (nSPS) is 14.3. The maximum atomic E-state index is 3.97. The van der Waals surface area contributed by atoms with Crippen LogP contribution in [0.4, 0.5) is 0 Å². The third-order valence-electron chi connectivity index (χ3n) is 5.63. The molecule has 0 spiro atoms. The predicted molar refractivity (Wildman–Crippen MR) is 115 cm³/mol. The second-order valence-corrected chi connectivity index (χ2v) is 8.26. The maximum absolute atomic E-state index is 3.97. The van der Waals surface area contributed by atoms with E-state index in [-0.39, 0.29) is 17.0 Å². The first-order chi connectivity index (χ1) is 12.6. The molecule has 1 aliphatic rings. The molecule has 1 nitrogen and oxygen atoms in total. The van der Waals surface area contributed by atoms with Gasteiger partial charge in [-0.05, 0) is 55.7 Å². The van der Waals surface area contributed by atoms with E-state index >= 15 is 0 Å². The fourth-order valence-corrected chi connectivity index (χ4v) is 4.94. The summed E-state index contributed by atoms with van der Waals surface area (Å²) in [4.78, 5) is 2.74. The van der Waals surface area contributed by atoms with Gasteiger partial charge in [-0.3, -0.25) is 0 Å². The average Bonchev–Trinajstić information content (AvgIpc) is 2.67. The first-order valence-corrected chi connectivity index (χ1v) is 10.5. The number of rotatable bonds is 7. The van der Waals surface area contributed by atoms with Crippen LogP contribution in [0.1, 0.15) is 37.0 Å². The number of nitrogens with zero attached hydrogens (tertiary/aromatic N) is 1. The predicted octanol–water partition coefficient (Wildman–Crippen LogP) is 3.33. The van der Waals surface area contributed by atoms with Gasteiger partial charge in [0.25, 0.3) is 0 Å². The molecule has 0 bridgehead atoms. The minimum absolute atomic E-state index is 0. The molecule has 3 heteroatoms. The van der Waals surface area contributed by atoms with Crippen molar-refractivity contribution in [2.24, 2.45) is 0 Å². The van der Waals surface area contributed by atoms with Gasteiger partial charge in [-0.15, -0.1) is 0 Å². The molecular formula is C24H30BrNS. The summed E-state index contributed by atoms with van der Waals surface area (Å²) in [5.74, 6) is 0. The molecule has 0 unspecified atom stereocenters. The highest BCUT2D eigenvalue weighted by Crippen LogP contribution is 2.45. The minimum atomic E-state index is 0. The molecule has 0 amide bonds. The molecule has 0 saturated heterocycles. The summed E-state index contributed by atoms with van der Waals surface area (Å²) in [6.45, 7) is 15.3. The molecule has 0 saturated carbocycles. The van der Waals surface area contributed by atoms with Gasteiger partial charge in [0.1, 0.15) is 0 Å². The molecule has 2 aromatic rings. The molecule has 0 aromatic heterocycles. The molecule has 0 aliphatic carbocycles. The van der Waals surface area contributed by atoms with E-state index in [4.69, 9.17) is 0 Å². The van der Waals surface area contributed by atoms with Gasteiger partial charge in [0.2, 0.25) is 0 Å². The van der Waals surface area contributed by atoms with Crippen molar-refractivity contribution in [1.82, 2.24) is 0 Å². The van der Waals surface area contributed by atoms with Gasteiger partial charge in [0.05, 0.1) is 26.2 Å². The molecular weight excluding hydrogens is 414 g/mol. The first-order valence-electron chi connectivity index (χ1n) is 9.67. The van der Waals surface area contributed by atoms with Crippen molar-refractivity contribution in [3.8, 4) is 0 Å². The summed E-state index contributed by atoms with van der Waals surface area (Å²) >= 11 is 1.89. The van der Waals surface area contributed by atoms with Crippen LogP contribution in [-0.2, 0) is 0 Å². The Kier molecular flexibility index (Phi) is 7.96. The number of hydrogen-bond acceptors (Lipinski definition) is 1. The van der Waals surface area contributed by atoms with Gasteiger partial charge in [-0.2, -0.15) is 0 Å². The minimum Gasteiger partial charge on any atom is -1.00 e. The highest BCUT2D eigenvalue weighted by Gasteiger charge is 2.23. The Morgan fingerprint density at radius 2 is 1.70 bits per heavy atom. The van der Waals surface area contributed by atoms with Gasteiger partial charge in [-0.25, -0.2) is 0 Å². The van der Waals surface area contributed by atoms with Gasteiger partial charge >= 0.3 is 0 Å². The largest absolute Gasteiger partial charge is 1.00 e. The van der Waals surface area contributed by atoms with Crippen LogP contribution in [0.3, 0.4) is 0 Å². The quantitative estimate of drug-likeness (QED) is 0.398. The summed E-state index contributed by atoms with van der Waals surface area (Å²) < 4.78 is 1.12. The van der Waals surface area contributed by atoms with Crippen molar-refractivity contribution in [1.29, 1.82) is 0 Å². The Labute approximate surface area is 179 Å². The van der Waals surface area contributed by atoms with Crippen LogP contribution in [0.15, 0.2) is 71.0 Å². The molecule has 1 heterocycles. The summed E-state index contributed by atoms with van der Waals surface area (Å²) in [5.41, 5.74) is 5.50. The lowest BCUT2D eigenvalue weighted by molar-refractivity contribution is -0.919. The van der Waals surface area contributed by atoms with E-state index in [0.717, 1.165) is 30.5 Å². The zero-order valence-electron chi connectivity index (χ0n) is 16.7. The fraction of sp³-hybridized carbons (Fsp3) is 0.333. The van der Waals surface area contributed by atoms with E-state index in [9.17, 15) is 0 Å². The Balaban J connectivity index is 0.00000261. The van der Waals surface area contributed by atoms with E-state index in [0.29, 0.717) is 0 Å². The Morgan fingerprint density at radius 1 is 1.00 bits per heavy atom.